The molecule has 2 N–H and O–H groups in total. The Balaban J connectivity index is 1.95. The van der Waals surface area contributed by atoms with Crippen LogP contribution in [0.15, 0.2) is 48.5 Å². The van der Waals surface area contributed by atoms with Crippen LogP contribution >= 0.6 is 11.6 Å². The third-order valence-corrected chi connectivity index (χ3v) is 5.06. The molecular formula is C19H14ClFN4. The zero-order valence-corrected chi connectivity index (χ0v) is 14.0. The van der Waals surface area contributed by atoms with Crippen LogP contribution in [0.3, 0.4) is 0 Å². The van der Waals surface area contributed by atoms with Crippen molar-refractivity contribution >= 4 is 28.2 Å². The Hall–Kier alpha value is -2.50. The summed E-state index contributed by atoms with van der Waals surface area (Å²) in [7, 11) is 0. The Morgan fingerprint density at radius 1 is 1.12 bits per heavy atom. The molecule has 1 aliphatic carbocycles. The maximum atomic E-state index is 13.7. The van der Waals surface area contributed by atoms with E-state index in [1.165, 1.54) is 12.1 Å². The van der Waals surface area contributed by atoms with Gasteiger partial charge in [0.05, 0.1) is 16.7 Å². The lowest BCUT2D eigenvalue weighted by atomic mass is 10.00. The van der Waals surface area contributed by atoms with Gasteiger partial charge in [0, 0.05) is 10.9 Å². The van der Waals surface area contributed by atoms with Crippen molar-refractivity contribution in [1.82, 2.24) is 14.6 Å². The van der Waals surface area contributed by atoms with Gasteiger partial charge in [0.2, 0.25) is 0 Å². The smallest absolute Gasteiger partial charge is 0.165 e. The summed E-state index contributed by atoms with van der Waals surface area (Å²) in [5.41, 5.74) is 9.86. The molecule has 0 aliphatic heterocycles. The first-order valence-corrected chi connectivity index (χ1v) is 8.47. The number of halogens is 2. The molecule has 124 valence electrons. The van der Waals surface area contributed by atoms with Gasteiger partial charge in [-0.1, -0.05) is 41.9 Å². The summed E-state index contributed by atoms with van der Waals surface area (Å²) in [6.07, 6.45) is 1.71. The topological polar surface area (TPSA) is 56.2 Å². The van der Waals surface area contributed by atoms with Crippen LogP contribution < -0.4 is 5.73 Å². The van der Waals surface area contributed by atoms with Gasteiger partial charge < -0.3 is 5.73 Å². The van der Waals surface area contributed by atoms with Gasteiger partial charge in [-0.05, 0) is 36.6 Å². The first kappa shape index (κ1) is 14.8. The second-order valence-electron chi connectivity index (χ2n) is 6.55. The summed E-state index contributed by atoms with van der Waals surface area (Å²) < 4.78 is 15.5. The molecule has 4 aromatic rings. The van der Waals surface area contributed by atoms with Gasteiger partial charge in [-0.2, -0.15) is 5.10 Å². The first-order chi connectivity index (χ1) is 12.1. The number of aromatic nitrogens is 3. The predicted octanol–water partition coefficient (Wildman–Crippen LogP) is 4.29. The van der Waals surface area contributed by atoms with Crippen molar-refractivity contribution in [2.75, 3.05) is 0 Å². The molecule has 0 spiro atoms. The number of fused-ring (bicyclic) bond motifs is 3. The van der Waals surface area contributed by atoms with E-state index in [-0.39, 0.29) is 5.82 Å². The lowest BCUT2D eigenvalue weighted by molar-refractivity contribution is 0.630. The highest BCUT2D eigenvalue weighted by molar-refractivity contribution is 6.32. The van der Waals surface area contributed by atoms with Gasteiger partial charge in [0.15, 0.2) is 5.65 Å². The lowest BCUT2D eigenvalue weighted by Crippen LogP contribution is -2.24. The van der Waals surface area contributed by atoms with Gasteiger partial charge in [0.25, 0.3) is 0 Å². The standard InChI is InChI=1S/C19H14ClFN4/c20-17-15(11-4-2-1-3-5-11)16(19(22)8-9-19)25-18(23-17)13-10-12(21)6-7-14(13)24-25/h1-7,10H,8-9,22H2. The highest BCUT2D eigenvalue weighted by atomic mass is 35.5. The first-order valence-electron chi connectivity index (χ1n) is 8.09. The second-order valence-corrected chi connectivity index (χ2v) is 6.90. The number of nitrogens with zero attached hydrogens (tertiary/aromatic N) is 3. The molecule has 0 radical (unpaired) electrons. The van der Waals surface area contributed by atoms with Gasteiger partial charge in [-0.25, -0.2) is 13.9 Å². The van der Waals surface area contributed by atoms with Crippen LogP contribution in [0.25, 0.3) is 27.7 Å². The van der Waals surface area contributed by atoms with Crippen molar-refractivity contribution in [3.8, 4) is 11.1 Å². The second kappa shape index (κ2) is 5.00. The van der Waals surface area contributed by atoms with Crippen molar-refractivity contribution in [1.29, 1.82) is 0 Å². The molecule has 0 saturated heterocycles. The maximum absolute atomic E-state index is 13.7. The fraction of sp³-hybridized carbons (Fsp3) is 0.158. The summed E-state index contributed by atoms with van der Waals surface area (Å²) in [5.74, 6) is -0.331. The molecule has 2 aromatic heterocycles. The summed E-state index contributed by atoms with van der Waals surface area (Å²) in [6, 6.07) is 14.3. The quantitative estimate of drug-likeness (QED) is 0.547. The van der Waals surface area contributed by atoms with Crippen LogP contribution in [0.4, 0.5) is 4.39 Å². The molecule has 1 saturated carbocycles. The lowest BCUT2D eigenvalue weighted by Gasteiger charge is -2.18. The fourth-order valence-corrected chi connectivity index (χ4v) is 3.63. The molecule has 0 bridgehead atoms. The van der Waals surface area contributed by atoms with Crippen LogP contribution in [0, 0.1) is 5.82 Å². The van der Waals surface area contributed by atoms with E-state index in [4.69, 9.17) is 17.3 Å². The zero-order valence-electron chi connectivity index (χ0n) is 13.2. The molecule has 1 aliphatic rings. The van der Waals surface area contributed by atoms with Crippen molar-refractivity contribution in [2.24, 2.45) is 5.73 Å². The highest BCUT2D eigenvalue weighted by Gasteiger charge is 2.45. The van der Waals surface area contributed by atoms with E-state index in [0.29, 0.717) is 21.7 Å². The van der Waals surface area contributed by atoms with E-state index in [1.54, 1.807) is 10.6 Å². The van der Waals surface area contributed by atoms with Gasteiger partial charge >= 0.3 is 0 Å². The average Bonchev–Trinajstić information content (AvgIpc) is 3.26. The van der Waals surface area contributed by atoms with Crippen LogP contribution in [-0.2, 0) is 5.54 Å². The summed E-state index contributed by atoms with van der Waals surface area (Å²) in [5, 5.41) is 5.63. The minimum absolute atomic E-state index is 0.331. The third kappa shape index (κ3) is 2.16. The maximum Gasteiger partial charge on any atom is 0.165 e. The minimum Gasteiger partial charge on any atom is -0.320 e. The molecule has 2 aromatic carbocycles. The number of rotatable bonds is 2. The number of nitrogens with two attached hydrogens (primary N) is 1. The number of hydrogen-bond donors (Lipinski definition) is 1. The number of benzene rings is 2. The van der Waals surface area contributed by atoms with Crippen LogP contribution in [0.2, 0.25) is 5.15 Å². The fourth-order valence-electron chi connectivity index (χ4n) is 3.35. The zero-order chi connectivity index (χ0) is 17.2. The molecule has 1 fully saturated rings. The SMILES string of the molecule is NC1(c2c(-c3ccccc3)c(Cl)nc3c4cc(F)ccc4nn23)CC1. The molecule has 0 unspecified atom stereocenters. The third-order valence-electron chi connectivity index (χ3n) is 4.79. The van der Waals surface area contributed by atoms with E-state index >= 15 is 0 Å². The molecule has 0 amide bonds. The molecule has 25 heavy (non-hydrogen) atoms. The van der Waals surface area contributed by atoms with E-state index in [1.807, 2.05) is 30.3 Å². The molecular weight excluding hydrogens is 339 g/mol. The largest absolute Gasteiger partial charge is 0.320 e. The van der Waals surface area contributed by atoms with E-state index in [2.05, 4.69) is 10.1 Å². The van der Waals surface area contributed by atoms with Gasteiger partial charge in [-0.15, -0.1) is 0 Å². The molecule has 5 rings (SSSR count). The van der Waals surface area contributed by atoms with Crippen LogP contribution in [-0.4, -0.2) is 14.6 Å². The highest BCUT2D eigenvalue weighted by Crippen LogP contribution is 2.48. The summed E-state index contributed by atoms with van der Waals surface area (Å²) in [6.45, 7) is 0. The Kier molecular flexibility index (Phi) is 2.96. The van der Waals surface area contributed by atoms with Crippen molar-refractivity contribution in [3.05, 3.63) is 65.2 Å². The average molecular weight is 353 g/mol. The Labute approximate surface area is 148 Å². The Morgan fingerprint density at radius 3 is 2.60 bits per heavy atom. The minimum atomic E-state index is -0.489. The van der Waals surface area contributed by atoms with Crippen molar-refractivity contribution in [3.63, 3.8) is 0 Å². The molecule has 0 atom stereocenters. The summed E-state index contributed by atoms with van der Waals surface area (Å²) >= 11 is 6.57. The Morgan fingerprint density at radius 2 is 1.88 bits per heavy atom. The molecule has 4 nitrogen and oxygen atoms in total. The van der Waals surface area contributed by atoms with Crippen LogP contribution in [0.1, 0.15) is 18.5 Å². The number of hydrogen-bond acceptors (Lipinski definition) is 3. The molecule has 2 heterocycles. The van der Waals surface area contributed by atoms with Crippen molar-refractivity contribution < 1.29 is 4.39 Å². The van der Waals surface area contributed by atoms with E-state index in [0.717, 1.165) is 29.7 Å². The van der Waals surface area contributed by atoms with E-state index in [9.17, 15) is 4.39 Å². The Bertz CT molecular complexity index is 1130. The van der Waals surface area contributed by atoms with Gasteiger partial charge in [-0.3, -0.25) is 0 Å². The normalized spacial score (nSPS) is 15.8. The molecule has 6 heteroatoms. The summed E-state index contributed by atoms with van der Waals surface area (Å²) in [4.78, 5) is 4.53. The predicted molar refractivity (Wildman–Crippen MR) is 96.0 cm³/mol. The van der Waals surface area contributed by atoms with E-state index < -0.39 is 5.54 Å². The van der Waals surface area contributed by atoms with Crippen molar-refractivity contribution in [2.45, 2.75) is 18.4 Å². The van der Waals surface area contributed by atoms with Gasteiger partial charge in [0.1, 0.15) is 11.0 Å². The van der Waals surface area contributed by atoms with Crippen LogP contribution in [0.5, 0.6) is 0 Å². The monoisotopic (exact) mass is 352 g/mol.